The molecule has 0 radical (unpaired) electrons. The Kier molecular flexibility index (Phi) is 5.16. The number of nitrogens with zero attached hydrogens (tertiary/aromatic N) is 3. The minimum absolute atomic E-state index is 0.0964. The van der Waals surface area contributed by atoms with Crippen LogP contribution in [-0.2, 0) is 11.3 Å². The van der Waals surface area contributed by atoms with Crippen molar-refractivity contribution in [2.45, 2.75) is 50.7 Å². The molecule has 24 heavy (non-hydrogen) atoms. The number of hydrogen-bond acceptors (Lipinski definition) is 4. The fourth-order valence-corrected chi connectivity index (χ4v) is 4.78. The lowest BCUT2D eigenvalue weighted by Crippen LogP contribution is -2.56. The van der Waals surface area contributed by atoms with E-state index in [1.165, 1.54) is 63.9 Å². The first-order chi connectivity index (χ1) is 11.8. The zero-order valence-corrected chi connectivity index (χ0v) is 14.8. The van der Waals surface area contributed by atoms with Gasteiger partial charge in [-0.1, -0.05) is 18.9 Å². The van der Waals surface area contributed by atoms with Crippen LogP contribution in [0.5, 0.6) is 0 Å². The van der Waals surface area contributed by atoms with Crippen LogP contribution < -0.4 is 0 Å². The van der Waals surface area contributed by atoms with Gasteiger partial charge in [-0.25, -0.2) is 0 Å². The topological polar surface area (TPSA) is 28.6 Å². The van der Waals surface area contributed by atoms with Crippen LogP contribution in [0.4, 0.5) is 0 Å². The molecule has 2 saturated heterocycles. The number of morpholine rings is 1. The van der Waals surface area contributed by atoms with Crippen LogP contribution in [0, 0.1) is 5.92 Å². The number of piperidine rings is 1. The number of rotatable bonds is 4. The zero-order valence-electron chi connectivity index (χ0n) is 14.8. The molecule has 1 saturated carbocycles. The third kappa shape index (κ3) is 3.98. The van der Waals surface area contributed by atoms with Crippen molar-refractivity contribution in [2.24, 2.45) is 5.92 Å². The molecular formula is C20H31N3O. The molecule has 132 valence electrons. The molecule has 3 heterocycles. The van der Waals surface area contributed by atoms with Crippen molar-refractivity contribution in [2.75, 3.05) is 39.3 Å². The summed E-state index contributed by atoms with van der Waals surface area (Å²) >= 11 is 0. The Hall–Kier alpha value is -0.970. The Morgan fingerprint density at radius 2 is 1.92 bits per heavy atom. The van der Waals surface area contributed by atoms with Crippen LogP contribution in [0.1, 0.15) is 44.2 Å². The van der Waals surface area contributed by atoms with Gasteiger partial charge in [-0.15, -0.1) is 0 Å². The van der Waals surface area contributed by atoms with E-state index in [2.05, 4.69) is 26.9 Å². The maximum Gasteiger partial charge on any atom is 0.0833 e. The van der Waals surface area contributed by atoms with Crippen molar-refractivity contribution in [1.82, 2.24) is 14.8 Å². The van der Waals surface area contributed by atoms with E-state index in [9.17, 15) is 0 Å². The summed E-state index contributed by atoms with van der Waals surface area (Å²) in [6, 6.07) is 6.21. The highest BCUT2D eigenvalue weighted by Crippen LogP contribution is 2.32. The minimum atomic E-state index is 0.0964. The summed E-state index contributed by atoms with van der Waals surface area (Å²) < 4.78 is 6.30. The van der Waals surface area contributed by atoms with Gasteiger partial charge in [0.15, 0.2) is 0 Å². The average molecular weight is 329 g/mol. The summed E-state index contributed by atoms with van der Waals surface area (Å²) in [6.07, 6.45) is 10.1. The van der Waals surface area contributed by atoms with Gasteiger partial charge < -0.3 is 9.64 Å². The van der Waals surface area contributed by atoms with E-state index in [4.69, 9.17) is 4.74 Å². The molecule has 0 amide bonds. The maximum absolute atomic E-state index is 6.30. The molecule has 4 nitrogen and oxygen atoms in total. The van der Waals surface area contributed by atoms with Crippen LogP contribution in [0.15, 0.2) is 24.4 Å². The van der Waals surface area contributed by atoms with Gasteiger partial charge in [0.05, 0.1) is 17.9 Å². The summed E-state index contributed by atoms with van der Waals surface area (Å²) in [7, 11) is 0. The van der Waals surface area contributed by atoms with E-state index in [0.717, 1.165) is 32.2 Å². The zero-order chi connectivity index (χ0) is 16.2. The highest BCUT2D eigenvalue weighted by atomic mass is 16.5. The molecule has 3 aliphatic rings. The van der Waals surface area contributed by atoms with Gasteiger partial charge in [0.2, 0.25) is 0 Å². The fraction of sp³-hybridized carbons (Fsp3) is 0.750. The van der Waals surface area contributed by atoms with E-state index in [1.54, 1.807) is 0 Å². The fourth-order valence-electron chi connectivity index (χ4n) is 4.78. The van der Waals surface area contributed by atoms with Gasteiger partial charge >= 0.3 is 0 Å². The molecule has 1 aliphatic carbocycles. The lowest BCUT2D eigenvalue weighted by molar-refractivity contribution is -0.138. The molecular weight excluding hydrogens is 298 g/mol. The molecule has 3 fully saturated rings. The summed E-state index contributed by atoms with van der Waals surface area (Å²) in [5.74, 6) is 0.965. The van der Waals surface area contributed by atoms with E-state index in [-0.39, 0.29) is 5.60 Å². The summed E-state index contributed by atoms with van der Waals surface area (Å²) in [5.41, 5.74) is 1.27. The Morgan fingerprint density at radius 1 is 1.08 bits per heavy atom. The lowest BCUT2D eigenvalue weighted by Gasteiger charge is -2.47. The van der Waals surface area contributed by atoms with Gasteiger partial charge in [0.1, 0.15) is 0 Å². The van der Waals surface area contributed by atoms with Crippen LogP contribution in [0.25, 0.3) is 0 Å². The number of ether oxygens (including phenoxy) is 1. The van der Waals surface area contributed by atoms with E-state index < -0.39 is 0 Å². The number of hydrogen-bond donors (Lipinski definition) is 0. The van der Waals surface area contributed by atoms with Gasteiger partial charge in [0, 0.05) is 45.5 Å². The maximum atomic E-state index is 6.30. The second kappa shape index (κ2) is 7.51. The largest absolute Gasteiger partial charge is 0.372 e. The van der Waals surface area contributed by atoms with Crippen molar-refractivity contribution in [3.05, 3.63) is 30.1 Å². The quantitative estimate of drug-likeness (QED) is 0.849. The number of likely N-dealkylation sites (tertiary alicyclic amines) is 1. The normalized spacial score (nSPS) is 26.2. The van der Waals surface area contributed by atoms with Crippen molar-refractivity contribution < 1.29 is 4.74 Å². The Bertz CT molecular complexity index is 507. The second-order valence-corrected chi connectivity index (χ2v) is 8.01. The third-order valence-electron chi connectivity index (χ3n) is 6.20. The lowest BCUT2D eigenvalue weighted by atomic mass is 9.88. The van der Waals surface area contributed by atoms with Gasteiger partial charge in [0.25, 0.3) is 0 Å². The molecule has 2 aliphatic heterocycles. The summed E-state index contributed by atoms with van der Waals surface area (Å²) in [4.78, 5) is 9.72. The van der Waals surface area contributed by atoms with E-state index in [0.29, 0.717) is 0 Å². The highest BCUT2D eigenvalue weighted by molar-refractivity contribution is 5.04. The molecule has 0 bridgehead atoms. The molecule has 0 unspecified atom stereocenters. The molecule has 4 rings (SSSR count). The summed E-state index contributed by atoms with van der Waals surface area (Å²) in [5, 5.41) is 0. The van der Waals surface area contributed by atoms with Gasteiger partial charge in [-0.2, -0.15) is 0 Å². The molecule has 1 aromatic heterocycles. The molecule has 0 aromatic carbocycles. The first kappa shape index (κ1) is 16.5. The van der Waals surface area contributed by atoms with Crippen LogP contribution in [-0.4, -0.2) is 59.7 Å². The monoisotopic (exact) mass is 329 g/mol. The van der Waals surface area contributed by atoms with Crippen molar-refractivity contribution in [3.8, 4) is 0 Å². The van der Waals surface area contributed by atoms with Crippen LogP contribution >= 0.6 is 0 Å². The van der Waals surface area contributed by atoms with Crippen LogP contribution in [0.2, 0.25) is 0 Å². The standard InChI is InChI=1S/C20H31N3O/c1-2-6-18(5-1)15-22-11-8-20(9-12-22)17-23(13-14-24-20)16-19-7-3-4-10-21-19/h3-4,7,10,18H,1-2,5-6,8-9,11-17H2. The van der Waals surface area contributed by atoms with Crippen LogP contribution in [0.3, 0.4) is 0 Å². The minimum Gasteiger partial charge on any atom is -0.372 e. The predicted molar refractivity (Wildman–Crippen MR) is 95.8 cm³/mol. The van der Waals surface area contributed by atoms with Gasteiger partial charge in [-0.3, -0.25) is 9.88 Å². The van der Waals surface area contributed by atoms with E-state index in [1.807, 2.05) is 12.3 Å². The SMILES string of the molecule is c1ccc(CN2CCOC3(CCN(CC4CCCC4)CC3)C2)nc1. The number of aromatic nitrogens is 1. The first-order valence-corrected chi connectivity index (χ1v) is 9.80. The van der Waals surface area contributed by atoms with Crippen molar-refractivity contribution in [3.63, 3.8) is 0 Å². The molecule has 0 N–H and O–H groups in total. The molecule has 4 heteroatoms. The molecule has 1 spiro atoms. The Morgan fingerprint density at radius 3 is 2.67 bits per heavy atom. The highest BCUT2D eigenvalue weighted by Gasteiger charge is 2.40. The number of pyridine rings is 1. The smallest absolute Gasteiger partial charge is 0.0833 e. The molecule has 1 aromatic rings. The summed E-state index contributed by atoms with van der Waals surface area (Å²) in [6.45, 7) is 7.69. The van der Waals surface area contributed by atoms with Crippen molar-refractivity contribution in [1.29, 1.82) is 0 Å². The average Bonchev–Trinajstić information content (AvgIpc) is 3.11. The van der Waals surface area contributed by atoms with Gasteiger partial charge in [-0.05, 0) is 43.7 Å². The predicted octanol–water partition coefficient (Wildman–Crippen LogP) is 2.94. The van der Waals surface area contributed by atoms with E-state index >= 15 is 0 Å². The van der Waals surface area contributed by atoms with Crippen molar-refractivity contribution >= 4 is 0 Å². The Balaban J connectivity index is 1.29. The molecule has 0 atom stereocenters. The first-order valence-electron chi connectivity index (χ1n) is 9.80. The Labute approximate surface area is 146 Å². The third-order valence-corrected chi connectivity index (χ3v) is 6.20. The second-order valence-electron chi connectivity index (χ2n) is 8.01.